The normalized spacial score (nSPS) is 10.2. The van der Waals surface area contributed by atoms with Crippen LogP contribution in [0.3, 0.4) is 0 Å². The number of allylic oxidation sites excluding steroid dienone is 1. The number of nitrogens with two attached hydrogens (primary N) is 1. The molecule has 112 valence electrons. The maximum Gasteiger partial charge on any atom is 0.203 e. The van der Waals surface area contributed by atoms with Crippen LogP contribution in [0.4, 0.5) is 0 Å². The van der Waals surface area contributed by atoms with Gasteiger partial charge in [0.2, 0.25) is 5.88 Å². The lowest BCUT2D eigenvalue weighted by atomic mass is 10.2. The van der Waals surface area contributed by atoms with Gasteiger partial charge in [-0.3, -0.25) is 0 Å². The second-order valence-electron chi connectivity index (χ2n) is 3.89. The quantitative estimate of drug-likeness (QED) is 0.503. The summed E-state index contributed by atoms with van der Waals surface area (Å²) >= 11 is 0. The Kier molecular flexibility index (Phi) is 10.7. The monoisotopic (exact) mass is 278 g/mol. The van der Waals surface area contributed by atoms with Gasteiger partial charge in [0.25, 0.3) is 0 Å². The molecule has 1 aromatic rings. The van der Waals surface area contributed by atoms with E-state index in [0.717, 1.165) is 5.56 Å². The van der Waals surface area contributed by atoms with Crippen molar-refractivity contribution in [3.63, 3.8) is 0 Å². The zero-order chi connectivity index (χ0) is 15.2. The molecular formula is C16H26N2O2. The number of nitrogens with one attached hydrogen (secondary N) is 1. The van der Waals surface area contributed by atoms with Crippen molar-refractivity contribution in [1.29, 1.82) is 0 Å². The largest absolute Gasteiger partial charge is 0.513 e. The summed E-state index contributed by atoms with van der Waals surface area (Å²) in [5.74, 6) is 0.719. The van der Waals surface area contributed by atoms with Crippen molar-refractivity contribution in [1.82, 2.24) is 5.32 Å². The zero-order valence-corrected chi connectivity index (χ0v) is 12.4. The van der Waals surface area contributed by atoms with Crippen molar-refractivity contribution >= 4 is 0 Å². The first kappa shape index (κ1) is 17.9. The molecule has 4 heteroatoms. The van der Waals surface area contributed by atoms with Crippen LogP contribution in [0.2, 0.25) is 0 Å². The van der Waals surface area contributed by atoms with Gasteiger partial charge in [0.15, 0.2) is 0 Å². The SMILES string of the molecule is C=C(O)CCCO/C(=C/N)NCc1ccccc1.CC. The summed E-state index contributed by atoms with van der Waals surface area (Å²) < 4.78 is 5.44. The van der Waals surface area contributed by atoms with Gasteiger partial charge in [0.1, 0.15) is 0 Å². The minimum atomic E-state index is 0.175. The number of hydrogen-bond acceptors (Lipinski definition) is 4. The highest BCUT2D eigenvalue weighted by Gasteiger charge is 1.98. The summed E-state index contributed by atoms with van der Waals surface area (Å²) in [7, 11) is 0. The number of rotatable bonds is 8. The molecule has 0 saturated heterocycles. The van der Waals surface area contributed by atoms with Gasteiger partial charge in [-0.05, 0) is 12.0 Å². The molecule has 0 unspecified atom stereocenters. The molecule has 0 fully saturated rings. The summed E-state index contributed by atoms with van der Waals surface area (Å²) in [4.78, 5) is 0. The van der Waals surface area contributed by atoms with Crippen LogP contribution in [0.1, 0.15) is 32.3 Å². The molecule has 0 aromatic heterocycles. The van der Waals surface area contributed by atoms with Gasteiger partial charge in [0.05, 0.1) is 18.6 Å². The summed E-state index contributed by atoms with van der Waals surface area (Å²) in [5.41, 5.74) is 6.62. The van der Waals surface area contributed by atoms with Crippen LogP contribution in [0.15, 0.2) is 54.8 Å². The Morgan fingerprint density at radius 1 is 1.35 bits per heavy atom. The van der Waals surface area contributed by atoms with E-state index in [1.54, 1.807) is 0 Å². The van der Waals surface area contributed by atoms with Gasteiger partial charge in [-0.15, -0.1) is 0 Å². The molecule has 4 nitrogen and oxygen atoms in total. The van der Waals surface area contributed by atoms with Crippen LogP contribution < -0.4 is 11.1 Å². The molecule has 0 aliphatic heterocycles. The minimum Gasteiger partial charge on any atom is -0.513 e. The Bertz CT molecular complexity index is 389. The van der Waals surface area contributed by atoms with Gasteiger partial charge in [-0.1, -0.05) is 50.8 Å². The Balaban J connectivity index is 0.00000172. The van der Waals surface area contributed by atoms with E-state index >= 15 is 0 Å². The third-order valence-electron chi connectivity index (χ3n) is 2.33. The highest BCUT2D eigenvalue weighted by molar-refractivity contribution is 5.14. The van der Waals surface area contributed by atoms with E-state index in [1.165, 1.54) is 6.20 Å². The predicted molar refractivity (Wildman–Crippen MR) is 83.9 cm³/mol. The van der Waals surface area contributed by atoms with E-state index in [1.807, 2.05) is 44.2 Å². The van der Waals surface area contributed by atoms with Gasteiger partial charge in [-0.2, -0.15) is 0 Å². The second-order valence-corrected chi connectivity index (χ2v) is 3.89. The van der Waals surface area contributed by atoms with Crippen LogP contribution in [-0.2, 0) is 11.3 Å². The van der Waals surface area contributed by atoms with Crippen molar-refractivity contribution < 1.29 is 9.84 Å². The third-order valence-corrected chi connectivity index (χ3v) is 2.33. The Labute approximate surface area is 122 Å². The Morgan fingerprint density at radius 2 is 2.00 bits per heavy atom. The first-order valence-electron chi connectivity index (χ1n) is 6.91. The summed E-state index contributed by atoms with van der Waals surface area (Å²) in [6.45, 7) is 8.57. The highest BCUT2D eigenvalue weighted by Crippen LogP contribution is 2.02. The molecule has 0 bridgehead atoms. The van der Waals surface area contributed by atoms with Gasteiger partial charge in [0, 0.05) is 13.0 Å². The van der Waals surface area contributed by atoms with E-state index in [-0.39, 0.29) is 5.76 Å². The maximum absolute atomic E-state index is 8.92. The lowest BCUT2D eigenvalue weighted by molar-refractivity contribution is 0.182. The molecule has 0 spiro atoms. The highest BCUT2D eigenvalue weighted by atomic mass is 16.5. The summed E-state index contributed by atoms with van der Waals surface area (Å²) in [6.07, 6.45) is 2.65. The molecule has 4 N–H and O–H groups in total. The van der Waals surface area contributed by atoms with Crippen molar-refractivity contribution in [3.05, 3.63) is 60.3 Å². The molecule has 0 atom stereocenters. The smallest absolute Gasteiger partial charge is 0.203 e. The average molecular weight is 278 g/mol. The fourth-order valence-corrected chi connectivity index (χ4v) is 1.40. The number of benzene rings is 1. The van der Waals surface area contributed by atoms with Gasteiger partial charge in [-0.25, -0.2) is 0 Å². The molecule has 0 aliphatic carbocycles. The van der Waals surface area contributed by atoms with E-state index in [2.05, 4.69) is 11.9 Å². The van der Waals surface area contributed by atoms with Crippen LogP contribution in [0.5, 0.6) is 0 Å². The fraction of sp³-hybridized carbons (Fsp3) is 0.375. The molecule has 20 heavy (non-hydrogen) atoms. The van der Waals surface area contributed by atoms with E-state index in [0.29, 0.717) is 31.9 Å². The summed E-state index contributed by atoms with van der Waals surface area (Å²) in [5, 5.41) is 12.0. The van der Waals surface area contributed by atoms with Crippen LogP contribution >= 0.6 is 0 Å². The lowest BCUT2D eigenvalue weighted by Crippen LogP contribution is -2.17. The topological polar surface area (TPSA) is 67.5 Å². The Hall–Kier alpha value is -2.10. The molecule has 0 saturated carbocycles. The lowest BCUT2D eigenvalue weighted by Gasteiger charge is -2.12. The van der Waals surface area contributed by atoms with Crippen molar-refractivity contribution in [2.75, 3.05) is 6.61 Å². The fourth-order valence-electron chi connectivity index (χ4n) is 1.40. The number of hydrogen-bond donors (Lipinski definition) is 3. The second kappa shape index (κ2) is 12.0. The molecular weight excluding hydrogens is 252 g/mol. The van der Waals surface area contributed by atoms with Crippen LogP contribution in [-0.4, -0.2) is 11.7 Å². The average Bonchev–Trinajstić information content (AvgIpc) is 2.49. The van der Waals surface area contributed by atoms with Crippen molar-refractivity contribution in [2.45, 2.75) is 33.2 Å². The van der Waals surface area contributed by atoms with Gasteiger partial charge >= 0.3 is 0 Å². The first-order valence-corrected chi connectivity index (χ1v) is 6.91. The minimum absolute atomic E-state index is 0.175. The standard InChI is InChI=1S/C14H20N2O2.C2H6/c1-12(17)6-5-9-18-14(10-15)16-11-13-7-3-2-4-8-13;1-2/h2-4,7-8,10,16-17H,1,5-6,9,11,15H2;1-2H3/b14-10+;. The van der Waals surface area contributed by atoms with E-state index < -0.39 is 0 Å². The first-order chi connectivity index (χ1) is 9.72. The molecule has 0 radical (unpaired) electrons. The number of ether oxygens (including phenoxy) is 1. The summed E-state index contributed by atoms with van der Waals surface area (Å²) in [6, 6.07) is 9.99. The zero-order valence-electron chi connectivity index (χ0n) is 12.4. The molecule has 0 heterocycles. The van der Waals surface area contributed by atoms with Crippen molar-refractivity contribution in [3.8, 4) is 0 Å². The predicted octanol–water partition coefficient (Wildman–Crippen LogP) is 3.43. The number of aliphatic hydroxyl groups excluding tert-OH is 1. The van der Waals surface area contributed by atoms with E-state index in [9.17, 15) is 0 Å². The van der Waals surface area contributed by atoms with Gasteiger partial charge < -0.3 is 20.9 Å². The molecule has 1 aromatic carbocycles. The maximum atomic E-state index is 8.92. The molecule has 1 rings (SSSR count). The van der Waals surface area contributed by atoms with Crippen LogP contribution in [0.25, 0.3) is 0 Å². The Morgan fingerprint density at radius 3 is 2.55 bits per heavy atom. The molecule has 0 amide bonds. The van der Waals surface area contributed by atoms with Crippen LogP contribution in [0, 0.1) is 0 Å². The van der Waals surface area contributed by atoms with Crippen molar-refractivity contribution in [2.24, 2.45) is 5.73 Å². The molecule has 0 aliphatic rings. The third kappa shape index (κ3) is 8.91. The number of aliphatic hydroxyl groups is 1. The van der Waals surface area contributed by atoms with E-state index in [4.69, 9.17) is 15.6 Å².